The molecule has 1 aliphatic heterocycles. The van der Waals surface area contributed by atoms with Gasteiger partial charge in [0.15, 0.2) is 5.58 Å². The molecule has 2 aromatic rings. The molecule has 0 amide bonds. The van der Waals surface area contributed by atoms with Gasteiger partial charge in [0.1, 0.15) is 5.52 Å². The summed E-state index contributed by atoms with van der Waals surface area (Å²) in [6.07, 6.45) is -4.53. The number of rotatable bonds is 0. The number of hydrogen-bond acceptors (Lipinski definition) is 3. The van der Waals surface area contributed by atoms with Crippen LogP contribution in [0.3, 0.4) is 0 Å². The minimum Gasteiger partial charge on any atom is -0.433 e. The Morgan fingerprint density at radius 2 is 2.06 bits per heavy atom. The first kappa shape index (κ1) is 9.65. The molecule has 1 N–H and O–H groups in total. The zero-order valence-electron chi connectivity index (χ0n) is 8.06. The third-order valence-electron chi connectivity index (χ3n) is 2.62. The maximum atomic E-state index is 12.4. The van der Waals surface area contributed by atoms with E-state index >= 15 is 0 Å². The summed E-state index contributed by atoms with van der Waals surface area (Å²) in [5.74, 6) is -1.18. The first-order chi connectivity index (χ1) is 7.55. The fraction of sp³-hybridized carbons (Fsp3) is 0.300. The van der Waals surface area contributed by atoms with Crippen LogP contribution in [0.2, 0.25) is 0 Å². The summed E-state index contributed by atoms with van der Waals surface area (Å²) in [6.45, 7) is 1.20. The predicted molar refractivity (Wildman–Crippen MR) is 49.6 cm³/mol. The number of benzene rings is 1. The standard InChI is InChI=1S/C10H7F3N2O/c11-10(12,13)9-15-8-6-4-14-3-5(6)1-2-7(8)16-9/h1-2,14H,3-4H2. The summed E-state index contributed by atoms with van der Waals surface area (Å²) >= 11 is 0. The van der Waals surface area contributed by atoms with E-state index in [1.165, 1.54) is 6.07 Å². The van der Waals surface area contributed by atoms with E-state index in [2.05, 4.69) is 10.3 Å². The fourth-order valence-corrected chi connectivity index (χ4v) is 1.90. The van der Waals surface area contributed by atoms with Crippen LogP contribution in [0.5, 0.6) is 0 Å². The van der Waals surface area contributed by atoms with Crippen LogP contribution in [0, 0.1) is 0 Å². The molecule has 0 spiro atoms. The van der Waals surface area contributed by atoms with E-state index in [4.69, 9.17) is 4.42 Å². The molecule has 0 saturated carbocycles. The molecule has 0 aliphatic carbocycles. The predicted octanol–water partition coefficient (Wildman–Crippen LogP) is 2.45. The summed E-state index contributed by atoms with van der Waals surface area (Å²) in [6, 6.07) is 3.30. The SMILES string of the molecule is FC(F)(F)c1nc2c3c(ccc2o1)CNC3. The van der Waals surface area contributed by atoms with Crippen molar-refractivity contribution >= 4 is 11.1 Å². The lowest BCUT2D eigenvalue weighted by Gasteiger charge is -1.97. The van der Waals surface area contributed by atoms with Gasteiger partial charge in [0.05, 0.1) is 0 Å². The molecule has 3 rings (SSSR count). The Morgan fingerprint density at radius 1 is 1.25 bits per heavy atom. The fourth-order valence-electron chi connectivity index (χ4n) is 1.90. The quantitative estimate of drug-likeness (QED) is 0.752. The van der Waals surface area contributed by atoms with Gasteiger partial charge in [-0.3, -0.25) is 0 Å². The molecule has 3 nitrogen and oxygen atoms in total. The highest BCUT2D eigenvalue weighted by Crippen LogP contribution is 2.33. The zero-order chi connectivity index (χ0) is 11.3. The smallest absolute Gasteiger partial charge is 0.433 e. The highest BCUT2D eigenvalue weighted by Gasteiger charge is 2.38. The maximum absolute atomic E-state index is 12.4. The van der Waals surface area contributed by atoms with Gasteiger partial charge in [0.2, 0.25) is 0 Å². The molecule has 0 bridgehead atoms. The Bertz CT molecular complexity index is 559. The van der Waals surface area contributed by atoms with Crippen LogP contribution in [0.1, 0.15) is 17.0 Å². The number of alkyl halides is 3. The van der Waals surface area contributed by atoms with Crippen molar-refractivity contribution in [3.63, 3.8) is 0 Å². The topological polar surface area (TPSA) is 38.1 Å². The van der Waals surface area contributed by atoms with Crippen LogP contribution in [0.25, 0.3) is 11.1 Å². The van der Waals surface area contributed by atoms with Crippen molar-refractivity contribution in [3.8, 4) is 0 Å². The Labute approximate surface area is 88.3 Å². The summed E-state index contributed by atoms with van der Waals surface area (Å²) in [7, 11) is 0. The maximum Gasteiger partial charge on any atom is 0.468 e. The van der Waals surface area contributed by atoms with Gasteiger partial charge < -0.3 is 9.73 Å². The monoisotopic (exact) mass is 228 g/mol. The van der Waals surface area contributed by atoms with Crippen LogP contribution in [-0.4, -0.2) is 4.98 Å². The lowest BCUT2D eigenvalue weighted by atomic mass is 10.1. The third-order valence-corrected chi connectivity index (χ3v) is 2.62. The molecule has 0 atom stereocenters. The van der Waals surface area contributed by atoms with Crippen LogP contribution in [0.15, 0.2) is 16.5 Å². The molecule has 1 aromatic heterocycles. The number of nitrogens with one attached hydrogen (secondary N) is 1. The van der Waals surface area contributed by atoms with Crippen molar-refractivity contribution in [3.05, 3.63) is 29.2 Å². The second-order valence-corrected chi connectivity index (χ2v) is 3.67. The van der Waals surface area contributed by atoms with Crippen molar-refractivity contribution in [2.75, 3.05) is 0 Å². The molecule has 1 aromatic carbocycles. The number of nitrogens with zero attached hydrogens (tertiary/aromatic N) is 1. The van der Waals surface area contributed by atoms with E-state index < -0.39 is 12.1 Å². The first-order valence-corrected chi connectivity index (χ1v) is 4.75. The van der Waals surface area contributed by atoms with E-state index in [0.29, 0.717) is 18.6 Å². The lowest BCUT2D eigenvalue weighted by molar-refractivity contribution is -0.156. The molecule has 1 aliphatic rings. The van der Waals surface area contributed by atoms with E-state index in [1.807, 2.05) is 0 Å². The second kappa shape index (κ2) is 2.98. The Kier molecular flexibility index (Phi) is 1.79. The van der Waals surface area contributed by atoms with Crippen molar-refractivity contribution < 1.29 is 17.6 Å². The Morgan fingerprint density at radius 3 is 2.81 bits per heavy atom. The molecule has 0 unspecified atom stereocenters. The van der Waals surface area contributed by atoms with Gasteiger partial charge in [0, 0.05) is 18.7 Å². The Hall–Kier alpha value is -1.56. The van der Waals surface area contributed by atoms with Crippen LogP contribution in [0.4, 0.5) is 13.2 Å². The number of hydrogen-bond donors (Lipinski definition) is 1. The third kappa shape index (κ3) is 1.30. The number of aromatic nitrogens is 1. The van der Waals surface area contributed by atoms with Gasteiger partial charge in [-0.25, -0.2) is 4.98 Å². The molecular formula is C10H7F3N2O. The zero-order valence-corrected chi connectivity index (χ0v) is 8.06. The summed E-state index contributed by atoms with van der Waals surface area (Å²) in [5.41, 5.74) is 2.29. The van der Waals surface area contributed by atoms with Gasteiger partial charge in [0.25, 0.3) is 0 Å². The summed E-state index contributed by atoms with van der Waals surface area (Å²) < 4.78 is 41.9. The minimum atomic E-state index is -4.53. The normalized spacial score (nSPS) is 15.7. The van der Waals surface area contributed by atoms with Gasteiger partial charge >= 0.3 is 12.1 Å². The van der Waals surface area contributed by atoms with Crippen molar-refractivity contribution in [1.29, 1.82) is 0 Å². The van der Waals surface area contributed by atoms with Crippen LogP contribution >= 0.6 is 0 Å². The van der Waals surface area contributed by atoms with E-state index in [0.717, 1.165) is 11.1 Å². The number of fused-ring (bicyclic) bond motifs is 3. The van der Waals surface area contributed by atoms with Crippen LogP contribution < -0.4 is 5.32 Å². The van der Waals surface area contributed by atoms with E-state index in [-0.39, 0.29) is 5.58 Å². The second-order valence-electron chi connectivity index (χ2n) is 3.67. The van der Waals surface area contributed by atoms with Gasteiger partial charge in [-0.15, -0.1) is 0 Å². The first-order valence-electron chi connectivity index (χ1n) is 4.75. The van der Waals surface area contributed by atoms with Gasteiger partial charge in [-0.1, -0.05) is 6.07 Å². The minimum absolute atomic E-state index is 0.190. The molecule has 6 heteroatoms. The molecule has 84 valence electrons. The highest BCUT2D eigenvalue weighted by atomic mass is 19.4. The molecular weight excluding hydrogens is 221 g/mol. The average Bonchev–Trinajstić information content (AvgIpc) is 2.81. The van der Waals surface area contributed by atoms with E-state index in [9.17, 15) is 13.2 Å². The molecule has 16 heavy (non-hydrogen) atoms. The average molecular weight is 228 g/mol. The van der Waals surface area contributed by atoms with E-state index in [1.54, 1.807) is 6.07 Å². The molecule has 0 saturated heterocycles. The number of oxazole rings is 1. The molecule has 2 heterocycles. The number of halogens is 3. The molecule has 0 fully saturated rings. The van der Waals surface area contributed by atoms with Crippen molar-refractivity contribution in [2.24, 2.45) is 0 Å². The largest absolute Gasteiger partial charge is 0.468 e. The highest BCUT2D eigenvalue weighted by molar-refractivity contribution is 5.78. The molecule has 0 radical (unpaired) electrons. The van der Waals surface area contributed by atoms with Crippen molar-refractivity contribution in [2.45, 2.75) is 19.3 Å². The van der Waals surface area contributed by atoms with Crippen molar-refractivity contribution in [1.82, 2.24) is 10.3 Å². The lowest BCUT2D eigenvalue weighted by Crippen LogP contribution is -2.04. The Balaban J connectivity index is 2.26. The summed E-state index contributed by atoms with van der Waals surface area (Å²) in [4.78, 5) is 3.52. The van der Waals surface area contributed by atoms with Gasteiger partial charge in [-0.2, -0.15) is 13.2 Å². The van der Waals surface area contributed by atoms with Crippen LogP contribution in [-0.2, 0) is 19.3 Å². The van der Waals surface area contributed by atoms with Gasteiger partial charge in [-0.05, 0) is 11.6 Å². The summed E-state index contributed by atoms with van der Waals surface area (Å²) in [5, 5.41) is 3.06.